The number of nitrogens with zero attached hydrogens (tertiary/aromatic N) is 1. The molecule has 0 aliphatic rings. The summed E-state index contributed by atoms with van der Waals surface area (Å²) in [6.07, 6.45) is -0.198. The Bertz CT molecular complexity index is 967. The molecule has 26 heavy (non-hydrogen) atoms. The van der Waals surface area contributed by atoms with Crippen LogP contribution in [0.2, 0.25) is 0 Å². The molecule has 0 radical (unpaired) electrons. The number of amides is 1. The first-order valence-corrected chi connectivity index (χ1v) is 8.59. The zero-order valence-corrected chi connectivity index (χ0v) is 14.6. The highest BCUT2D eigenvalue weighted by Crippen LogP contribution is 2.32. The number of carbonyl (C=O) groups is 2. The highest BCUT2D eigenvalue weighted by Gasteiger charge is 2.17. The molecule has 0 atom stereocenters. The van der Waals surface area contributed by atoms with E-state index in [4.69, 9.17) is 5.11 Å². The smallest absolute Gasteiger partial charge is 0.308 e. The lowest BCUT2D eigenvalue weighted by Crippen LogP contribution is -2.11. The molecule has 3 rings (SSSR count). The number of aryl methyl sites for hydroxylation is 1. The molecule has 0 aliphatic carbocycles. The zero-order valence-electron chi connectivity index (χ0n) is 13.8. The lowest BCUT2D eigenvalue weighted by atomic mass is 10.1. The fourth-order valence-electron chi connectivity index (χ4n) is 2.40. The van der Waals surface area contributed by atoms with Gasteiger partial charge in [0.05, 0.1) is 12.1 Å². The van der Waals surface area contributed by atoms with Crippen LogP contribution in [0.15, 0.2) is 48.5 Å². The van der Waals surface area contributed by atoms with Crippen molar-refractivity contribution < 1.29 is 19.1 Å². The summed E-state index contributed by atoms with van der Waals surface area (Å²) in [6.45, 7) is 1.95. The molecule has 0 bridgehead atoms. The van der Waals surface area contributed by atoms with E-state index < -0.39 is 17.7 Å². The molecule has 7 heteroatoms. The van der Waals surface area contributed by atoms with Crippen molar-refractivity contribution in [2.24, 2.45) is 0 Å². The van der Waals surface area contributed by atoms with Crippen LogP contribution in [0.3, 0.4) is 0 Å². The Morgan fingerprint density at radius 3 is 2.58 bits per heavy atom. The Balaban J connectivity index is 1.91. The van der Waals surface area contributed by atoms with E-state index >= 15 is 0 Å². The first-order valence-electron chi connectivity index (χ1n) is 7.78. The standard InChI is InChI=1S/C19H15FN2O3S/c1-11-5-7-12(8-6-11)17-15(10-16(23)24)26-19(21-17)22-18(25)13-3-2-4-14(20)9-13/h2-9H,10H2,1H3,(H,23,24)(H,21,22,25). The van der Waals surface area contributed by atoms with Gasteiger partial charge in [-0.05, 0) is 25.1 Å². The quantitative estimate of drug-likeness (QED) is 0.707. The molecule has 5 nitrogen and oxygen atoms in total. The van der Waals surface area contributed by atoms with Gasteiger partial charge in [0, 0.05) is 16.0 Å². The summed E-state index contributed by atoms with van der Waals surface area (Å²) in [5.74, 6) is -2.00. The molecule has 1 heterocycles. The second kappa shape index (κ2) is 7.45. The number of halogens is 1. The van der Waals surface area contributed by atoms with Crippen LogP contribution in [0.1, 0.15) is 20.8 Å². The molecule has 0 saturated heterocycles. The highest BCUT2D eigenvalue weighted by atomic mass is 32.1. The van der Waals surface area contributed by atoms with Crippen LogP contribution >= 0.6 is 11.3 Å². The van der Waals surface area contributed by atoms with Crippen molar-refractivity contribution in [3.05, 3.63) is 70.4 Å². The van der Waals surface area contributed by atoms with E-state index in [9.17, 15) is 14.0 Å². The number of thiazole rings is 1. The van der Waals surface area contributed by atoms with Gasteiger partial charge in [0.2, 0.25) is 0 Å². The Labute approximate surface area is 153 Å². The Kier molecular flexibility index (Phi) is 5.09. The van der Waals surface area contributed by atoms with E-state index in [0.29, 0.717) is 10.6 Å². The average Bonchev–Trinajstić information content (AvgIpc) is 2.97. The molecule has 1 aromatic heterocycles. The van der Waals surface area contributed by atoms with Gasteiger partial charge in [-0.1, -0.05) is 35.9 Å². The van der Waals surface area contributed by atoms with Gasteiger partial charge in [0.1, 0.15) is 5.82 Å². The lowest BCUT2D eigenvalue weighted by Gasteiger charge is -2.02. The number of hydrogen-bond donors (Lipinski definition) is 2. The van der Waals surface area contributed by atoms with Crippen LogP contribution < -0.4 is 5.32 Å². The maximum absolute atomic E-state index is 13.3. The number of nitrogens with one attached hydrogen (secondary N) is 1. The molecule has 0 aliphatic heterocycles. The first kappa shape index (κ1) is 17.8. The third-order valence-corrected chi connectivity index (χ3v) is 4.61. The fourth-order valence-corrected chi connectivity index (χ4v) is 3.37. The number of aromatic nitrogens is 1. The SMILES string of the molecule is Cc1ccc(-c2nc(NC(=O)c3cccc(F)c3)sc2CC(=O)O)cc1. The maximum Gasteiger partial charge on any atom is 0.308 e. The van der Waals surface area contributed by atoms with Crippen molar-refractivity contribution in [1.82, 2.24) is 4.98 Å². The van der Waals surface area contributed by atoms with Crippen LogP contribution in [0.25, 0.3) is 11.3 Å². The average molecular weight is 370 g/mol. The Morgan fingerprint density at radius 1 is 1.19 bits per heavy atom. The summed E-state index contributed by atoms with van der Waals surface area (Å²) in [4.78, 5) is 28.3. The predicted molar refractivity (Wildman–Crippen MR) is 98.0 cm³/mol. The summed E-state index contributed by atoms with van der Waals surface area (Å²) in [6, 6.07) is 12.8. The van der Waals surface area contributed by atoms with Gasteiger partial charge >= 0.3 is 5.97 Å². The van der Waals surface area contributed by atoms with Gasteiger partial charge in [-0.2, -0.15) is 0 Å². The molecule has 0 spiro atoms. The van der Waals surface area contributed by atoms with E-state index in [1.807, 2.05) is 31.2 Å². The van der Waals surface area contributed by atoms with Crippen LogP contribution in [0.4, 0.5) is 9.52 Å². The van der Waals surface area contributed by atoms with Crippen LogP contribution in [0.5, 0.6) is 0 Å². The Morgan fingerprint density at radius 2 is 1.92 bits per heavy atom. The highest BCUT2D eigenvalue weighted by molar-refractivity contribution is 7.16. The minimum Gasteiger partial charge on any atom is -0.481 e. The monoisotopic (exact) mass is 370 g/mol. The van der Waals surface area contributed by atoms with Crippen molar-refractivity contribution in [3.63, 3.8) is 0 Å². The lowest BCUT2D eigenvalue weighted by molar-refractivity contribution is -0.136. The number of benzene rings is 2. The molecule has 0 saturated carbocycles. The first-order chi connectivity index (χ1) is 12.4. The third kappa shape index (κ3) is 4.12. The van der Waals surface area contributed by atoms with E-state index in [-0.39, 0.29) is 17.1 Å². The van der Waals surface area contributed by atoms with Crippen LogP contribution in [0, 0.1) is 12.7 Å². The second-order valence-corrected chi connectivity index (χ2v) is 6.78. The van der Waals surface area contributed by atoms with Crippen molar-refractivity contribution in [2.45, 2.75) is 13.3 Å². The largest absolute Gasteiger partial charge is 0.481 e. The molecule has 3 aromatic rings. The molecule has 1 amide bonds. The summed E-state index contributed by atoms with van der Waals surface area (Å²) in [7, 11) is 0. The predicted octanol–water partition coefficient (Wildman–Crippen LogP) is 4.14. The molecule has 0 fully saturated rings. The van der Waals surface area contributed by atoms with E-state index in [1.54, 1.807) is 0 Å². The third-order valence-electron chi connectivity index (χ3n) is 3.64. The fraction of sp³-hybridized carbons (Fsp3) is 0.105. The Hall–Kier alpha value is -3.06. The number of carboxylic acids is 1. The van der Waals surface area contributed by atoms with E-state index in [2.05, 4.69) is 10.3 Å². The summed E-state index contributed by atoms with van der Waals surface area (Å²) in [5, 5.41) is 12.0. The van der Waals surface area contributed by atoms with Gasteiger partial charge < -0.3 is 5.11 Å². The van der Waals surface area contributed by atoms with Gasteiger partial charge in [-0.3, -0.25) is 14.9 Å². The normalized spacial score (nSPS) is 10.5. The van der Waals surface area contributed by atoms with E-state index in [0.717, 1.165) is 28.5 Å². The number of carboxylic acid groups (broad SMARTS) is 1. The van der Waals surface area contributed by atoms with E-state index in [1.165, 1.54) is 18.2 Å². The minimum atomic E-state index is -0.981. The zero-order chi connectivity index (χ0) is 18.7. The van der Waals surface area contributed by atoms with Gasteiger partial charge in [-0.15, -0.1) is 11.3 Å². The molecular formula is C19H15FN2O3S. The van der Waals surface area contributed by atoms with Crippen LogP contribution in [-0.2, 0) is 11.2 Å². The molecule has 2 N–H and O–H groups in total. The minimum absolute atomic E-state index is 0.164. The van der Waals surface area contributed by atoms with Gasteiger partial charge in [0.15, 0.2) is 5.13 Å². The number of rotatable bonds is 5. The summed E-state index contributed by atoms with van der Waals surface area (Å²) >= 11 is 1.10. The number of carbonyl (C=O) groups excluding carboxylic acids is 1. The van der Waals surface area contributed by atoms with Crippen molar-refractivity contribution in [2.75, 3.05) is 5.32 Å². The van der Waals surface area contributed by atoms with Crippen molar-refractivity contribution >= 4 is 28.3 Å². The topological polar surface area (TPSA) is 79.3 Å². The number of aliphatic carboxylic acids is 1. The maximum atomic E-state index is 13.3. The van der Waals surface area contributed by atoms with Crippen molar-refractivity contribution in [1.29, 1.82) is 0 Å². The second-order valence-electron chi connectivity index (χ2n) is 5.69. The number of hydrogen-bond acceptors (Lipinski definition) is 4. The van der Waals surface area contributed by atoms with Gasteiger partial charge in [0.25, 0.3) is 5.91 Å². The molecule has 132 valence electrons. The van der Waals surface area contributed by atoms with Crippen LogP contribution in [-0.4, -0.2) is 22.0 Å². The molecule has 0 unspecified atom stereocenters. The summed E-state index contributed by atoms with van der Waals surface area (Å²) in [5.41, 5.74) is 2.53. The molecule has 2 aromatic carbocycles. The van der Waals surface area contributed by atoms with Gasteiger partial charge in [-0.25, -0.2) is 9.37 Å². The number of anilines is 1. The van der Waals surface area contributed by atoms with Crippen molar-refractivity contribution in [3.8, 4) is 11.3 Å². The molecular weight excluding hydrogens is 355 g/mol. The summed E-state index contributed by atoms with van der Waals surface area (Å²) < 4.78 is 13.3.